The molecule has 5 heteroatoms. The summed E-state index contributed by atoms with van der Waals surface area (Å²) in [6, 6.07) is 1.27. The van der Waals surface area contributed by atoms with Gasteiger partial charge in [0.05, 0.1) is 5.39 Å². The first-order valence-electron chi connectivity index (χ1n) is 7.01. The van der Waals surface area contributed by atoms with Crippen molar-refractivity contribution in [2.75, 3.05) is 18.0 Å². The maximum absolute atomic E-state index is 4.62. The van der Waals surface area contributed by atoms with Crippen molar-refractivity contribution in [3.8, 4) is 0 Å². The predicted octanol–water partition coefficient (Wildman–Crippen LogP) is 2.11. The smallest absolute Gasteiger partial charge is 0.141 e. The zero-order valence-electron chi connectivity index (χ0n) is 11.3. The highest BCUT2D eigenvalue weighted by atomic mass is 32.1. The molecule has 2 aromatic rings. The third-order valence-corrected chi connectivity index (χ3v) is 5.51. The number of fused-ring (bicyclic) bond motifs is 3. The van der Waals surface area contributed by atoms with Crippen LogP contribution in [-0.4, -0.2) is 35.1 Å². The average molecular weight is 274 g/mol. The zero-order valence-corrected chi connectivity index (χ0v) is 12.1. The lowest BCUT2D eigenvalue weighted by atomic mass is 10.1. The van der Waals surface area contributed by atoms with Crippen LogP contribution < -0.4 is 10.2 Å². The molecule has 0 spiro atoms. The van der Waals surface area contributed by atoms with Crippen LogP contribution in [0, 0.1) is 6.92 Å². The Balaban J connectivity index is 1.89. The number of nitrogens with one attached hydrogen (secondary N) is 1. The fourth-order valence-electron chi connectivity index (χ4n) is 3.55. The lowest BCUT2D eigenvalue weighted by Crippen LogP contribution is -2.44. The van der Waals surface area contributed by atoms with Gasteiger partial charge in [0.25, 0.3) is 0 Å². The molecule has 0 aromatic carbocycles. The molecule has 0 amide bonds. The molecule has 2 aliphatic rings. The Bertz CT molecular complexity index is 636. The quantitative estimate of drug-likeness (QED) is 0.910. The molecule has 2 fully saturated rings. The summed E-state index contributed by atoms with van der Waals surface area (Å²) in [5.41, 5.74) is 1.44. The van der Waals surface area contributed by atoms with E-state index in [-0.39, 0.29) is 0 Å². The number of aromatic nitrogens is 2. The Kier molecular flexibility index (Phi) is 2.53. The number of aryl methyl sites for hydroxylation is 2. The summed E-state index contributed by atoms with van der Waals surface area (Å²) in [5.74, 6) is 1.17. The fraction of sp³-hybridized carbons (Fsp3) is 0.571. The van der Waals surface area contributed by atoms with E-state index in [0.717, 1.165) is 24.3 Å². The fourth-order valence-corrected chi connectivity index (χ4v) is 4.62. The summed E-state index contributed by atoms with van der Waals surface area (Å²) in [4.78, 5) is 14.1. The molecule has 4 nitrogen and oxygen atoms in total. The largest absolute Gasteiger partial charge is 0.350 e. The maximum Gasteiger partial charge on any atom is 0.141 e. The SMILES string of the molecule is CCc1c(C)sc2ncnc(N3C[C@@H]4C[C@H]3CN4)c12. The van der Waals surface area contributed by atoms with Crippen LogP contribution in [0.3, 0.4) is 0 Å². The van der Waals surface area contributed by atoms with Gasteiger partial charge in [0, 0.05) is 30.1 Å². The van der Waals surface area contributed by atoms with Crippen LogP contribution in [0.15, 0.2) is 6.33 Å². The van der Waals surface area contributed by atoms with Gasteiger partial charge in [-0.2, -0.15) is 0 Å². The van der Waals surface area contributed by atoms with Gasteiger partial charge in [-0.05, 0) is 25.3 Å². The zero-order chi connectivity index (χ0) is 13.0. The van der Waals surface area contributed by atoms with E-state index in [9.17, 15) is 0 Å². The summed E-state index contributed by atoms with van der Waals surface area (Å²) in [7, 11) is 0. The van der Waals surface area contributed by atoms with Gasteiger partial charge >= 0.3 is 0 Å². The molecule has 0 saturated carbocycles. The van der Waals surface area contributed by atoms with Crippen LogP contribution in [-0.2, 0) is 6.42 Å². The topological polar surface area (TPSA) is 41.1 Å². The van der Waals surface area contributed by atoms with Gasteiger partial charge in [-0.25, -0.2) is 9.97 Å². The molecule has 2 aromatic heterocycles. The van der Waals surface area contributed by atoms with E-state index in [1.54, 1.807) is 17.7 Å². The molecule has 1 N–H and O–H groups in total. The predicted molar refractivity (Wildman–Crippen MR) is 79.1 cm³/mol. The average Bonchev–Trinajstić information content (AvgIpc) is 3.10. The van der Waals surface area contributed by atoms with Crippen LogP contribution >= 0.6 is 11.3 Å². The van der Waals surface area contributed by atoms with Crippen molar-refractivity contribution in [3.63, 3.8) is 0 Å². The molecule has 19 heavy (non-hydrogen) atoms. The summed E-state index contributed by atoms with van der Waals surface area (Å²) < 4.78 is 0. The van der Waals surface area contributed by atoms with Crippen LogP contribution in [0.4, 0.5) is 5.82 Å². The second-order valence-electron chi connectivity index (χ2n) is 5.51. The van der Waals surface area contributed by atoms with Gasteiger partial charge in [0.1, 0.15) is 17.0 Å². The second kappa shape index (κ2) is 4.15. The van der Waals surface area contributed by atoms with Crippen LogP contribution in [0.1, 0.15) is 23.8 Å². The summed E-state index contributed by atoms with van der Waals surface area (Å²) >= 11 is 1.80. The maximum atomic E-state index is 4.62. The minimum absolute atomic E-state index is 0.619. The number of thiophene rings is 1. The molecular formula is C14H18N4S. The highest BCUT2D eigenvalue weighted by Crippen LogP contribution is 2.38. The first-order chi connectivity index (χ1) is 9.28. The Morgan fingerprint density at radius 2 is 2.37 bits per heavy atom. The van der Waals surface area contributed by atoms with Crippen LogP contribution in [0.2, 0.25) is 0 Å². The molecule has 0 aliphatic carbocycles. The molecule has 4 heterocycles. The Morgan fingerprint density at radius 3 is 3.05 bits per heavy atom. The first-order valence-corrected chi connectivity index (χ1v) is 7.82. The Morgan fingerprint density at radius 1 is 1.47 bits per heavy atom. The van der Waals surface area contributed by atoms with E-state index in [1.165, 1.54) is 28.1 Å². The number of hydrogen-bond donors (Lipinski definition) is 1. The molecule has 100 valence electrons. The van der Waals surface area contributed by atoms with E-state index in [2.05, 4.69) is 34.0 Å². The Labute approximate surface area is 116 Å². The monoisotopic (exact) mass is 274 g/mol. The van der Waals surface area contributed by atoms with Crippen molar-refractivity contribution < 1.29 is 0 Å². The molecule has 2 atom stereocenters. The van der Waals surface area contributed by atoms with Crippen LogP contribution in [0.5, 0.6) is 0 Å². The van der Waals surface area contributed by atoms with E-state index < -0.39 is 0 Å². The van der Waals surface area contributed by atoms with Gasteiger partial charge in [-0.15, -0.1) is 11.3 Å². The molecule has 0 unspecified atom stereocenters. The molecule has 0 radical (unpaired) electrons. The van der Waals surface area contributed by atoms with E-state index in [1.807, 2.05) is 0 Å². The molecular weight excluding hydrogens is 256 g/mol. The third-order valence-electron chi connectivity index (χ3n) is 4.45. The highest BCUT2D eigenvalue weighted by Gasteiger charge is 2.39. The number of rotatable bonds is 2. The lowest BCUT2D eigenvalue weighted by Gasteiger charge is -2.29. The highest BCUT2D eigenvalue weighted by molar-refractivity contribution is 7.18. The van der Waals surface area contributed by atoms with Gasteiger partial charge in [0.2, 0.25) is 0 Å². The van der Waals surface area contributed by atoms with Crippen molar-refractivity contribution in [1.29, 1.82) is 0 Å². The normalized spacial score (nSPS) is 25.7. The van der Waals surface area contributed by atoms with E-state index in [4.69, 9.17) is 0 Å². The first kappa shape index (κ1) is 11.6. The number of hydrogen-bond acceptors (Lipinski definition) is 5. The van der Waals surface area contributed by atoms with E-state index in [0.29, 0.717) is 12.1 Å². The van der Waals surface area contributed by atoms with Crippen molar-refractivity contribution in [3.05, 3.63) is 16.8 Å². The van der Waals surface area contributed by atoms with E-state index >= 15 is 0 Å². The Hall–Kier alpha value is -1.20. The van der Waals surface area contributed by atoms with Gasteiger partial charge in [-0.1, -0.05) is 6.92 Å². The lowest BCUT2D eigenvalue weighted by molar-refractivity contribution is 0.577. The minimum atomic E-state index is 0.619. The van der Waals surface area contributed by atoms with Crippen molar-refractivity contribution in [2.24, 2.45) is 0 Å². The second-order valence-corrected chi connectivity index (χ2v) is 6.72. The van der Waals surface area contributed by atoms with Crippen LogP contribution in [0.25, 0.3) is 10.2 Å². The van der Waals surface area contributed by atoms with Gasteiger partial charge < -0.3 is 10.2 Å². The minimum Gasteiger partial charge on any atom is -0.350 e. The molecule has 4 rings (SSSR count). The standard InChI is InChI=1S/C14H18N4S/c1-3-11-8(2)19-14-12(11)13(16-7-17-14)18-6-9-4-10(18)5-15-9/h7,9-10,15H,3-6H2,1-2H3/t9-,10-/m0/s1. The molecule has 2 saturated heterocycles. The van der Waals surface area contributed by atoms with Gasteiger partial charge in [0.15, 0.2) is 0 Å². The number of nitrogens with zero attached hydrogens (tertiary/aromatic N) is 3. The molecule has 2 aliphatic heterocycles. The van der Waals surface area contributed by atoms with Crippen molar-refractivity contribution in [2.45, 2.75) is 38.8 Å². The summed E-state index contributed by atoms with van der Waals surface area (Å²) in [6.07, 6.45) is 4.05. The number of piperazine rings is 1. The summed E-state index contributed by atoms with van der Waals surface area (Å²) in [6.45, 7) is 6.62. The summed E-state index contributed by atoms with van der Waals surface area (Å²) in [5, 5.41) is 4.86. The number of anilines is 1. The van der Waals surface area contributed by atoms with Crippen molar-refractivity contribution >= 4 is 27.4 Å². The van der Waals surface area contributed by atoms with Gasteiger partial charge in [-0.3, -0.25) is 0 Å². The third kappa shape index (κ3) is 1.61. The molecule has 2 bridgehead atoms. The van der Waals surface area contributed by atoms with Crippen molar-refractivity contribution in [1.82, 2.24) is 15.3 Å².